The highest BCUT2D eigenvalue weighted by Crippen LogP contribution is 2.56. The summed E-state index contributed by atoms with van der Waals surface area (Å²) in [4.78, 5) is 17.4. The smallest absolute Gasteiger partial charge is 0.236 e. The molecule has 33 aromatic rings. The van der Waals surface area contributed by atoms with Crippen LogP contribution in [0.5, 0.6) is 0 Å². The molecule has 0 saturated carbocycles. The molecule has 0 bridgehead atoms. The number of nitrogens with zero attached hydrogens (tertiary/aromatic N) is 7. The maximum absolute atomic E-state index is 6.72. The molecule has 0 saturated heterocycles. The molecule has 0 amide bonds. The van der Waals surface area contributed by atoms with Gasteiger partial charge in [-0.1, -0.05) is 376 Å². The molecule has 0 atom stereocenters. The van der Waals surface area contributed by atoms with Gasteiger partial charge in [-0.25, -0.2) is 15.0 Å². The molecule has 0 spiro atoms. The molecule has 11 heteroatoms. The normalized spacial score (nSPS) is 12.2. The van der Waals surface area contributed by atoms with Gasteiger partial charge in [0, 0.05) is 160 Å². The van der Waals surface area contributed by atoms with Gasteiger partial charge in [-0.05, 0) is 132 Å². The van der Waals surface area contributed by atoms with Crippen molar-refractivity contribution in [2.24, 2.45) is 0 Å². The first-order chi connectivity index (χ1) is 70.6. The Bertz CT molecular complexity index is 11300. The Morgan fingerprint density at radius 1 is 0.218 bits per heavy atom. The van der Waals surface area contributed by atoms with Crippen molar-refractivity contribution in [3.63, 3.8) is 0 Å². The number of imidazole rings is 1. The average molecular weight is 1840 g/mol. The number of hydrogen-bond donors (Lipinski definition) is 0. The summed E-state index contributed by atoms with van der Waals surface area (Å²) in [5, 5.41) is 41.5. The number of hydrogen-bond acceptors (Lipinski definition) is 7. The minimum atomic E-state index is 0.685. The van der Waals surface area contributed by atoms with E-state index in [0.717, 1.165) is 127 Å². The van der Waals surface area contributed by atoms with Crippen LogP contribution in [0.1, 0.15) is 0 Å². The molecular weight excluding hydrogens is 1770 g/mol. The fourth-order valence-electron chi connectivity index (χ4n) is 24.1. The number of para-hydroxylation sites is 7. The van der Waals surface area contributed by atoms with Crippen LogP contribution < -0.4 is 0 Å². The van der Waals surface area contributed by atoms with Crippen molar-refractivity contribution in [2.45, 2.75) is 0 Å². The number of thiophene rings is 2. The summed E-state index contributed by atoms with van der Waals surface area (Å²) < 4.78 is 26.8. The Balaban J connectivity index is 0.0000000993. The molecule has 0 aliphatic heterocycles. The molecule has 33 rings (SSSR count). The first-order valence-corrected chi connectivity index (χ1v) is 49.9. The molecule has 9 aromatic heterocycles. The molecule has 0 radical (unpaired) electrons. The SMILES string of the molecule is c1ccc(-c2nc(-n3c4ccccc4c4c5ccccc5c5c6c7ccccc7sc6c6ccccc6c5c43)nc3sc4cc5ccccc5cc4c23)cc1.c1ccc(-c2ncc(-n3c4ccccc4c4c5ccccc5c5c6c7ccccc7oc6c6ccccc6c5c43)n2-c2ccccc2)cc1.c1ccc(-n2c3ccccc3c3c4ccccc4c4c5c6ccccc6oc5c5ccccc5c4c32)cc1. The van der Waals surface area contributed by atoms with Gasteiger partial charge in [0.1, 0.15) is 38.8 Å². The first-order valence-electron chi connectivity index (χ1n) is 48.3. The monoisotopic (exact) mass is 1840 g/mol. The van der Waals surface area contributed by atoms with E-state index in [1.807, 2.05) is 17.5 Å². The van der Waals surface area contributed by atoms with E-state index in [4.69, 9.17) is 23.8 Å². The third-order valence-corrected chi connectivity index (χ3v) is 32.1. The zero-order chi connectivity index (χ0) is 92.6. The van der Waals surface area contributed by atoms with E-state index in [1.165, 1.54) is 171 Å². The molecule has 9 heterocycles. The molecule has 0 aliphatic rings. The maximum atomic E-state index is 6.72. The molecular formula is C131H75N7O2S2. The molecule has 142 heavy (non-hydrogen) atoms. The van der Waals surface area contributed by atoms with Crippen LogP contribution in [0.3, 0.4) is 0 Å². The average Bonchev–Trinajstić information content (AvgIpc) is 1.63. The Labute approximate surface area is 816 Å². The van der Waals surface area contributed by atoms with Gasteiger partial charge in [-0.3, -0.25) is 13.7 Å². The summed E-state index contributed by atoms with van der Waals surface area (Å²) in [7, 11) is 0. The van der Waals surface area contributed by atoms with Gasteiger partial charge in [0.05, 0.1) is 45.0 Å². The second-order valence-corrected chi connectivity index (χ2v) is 39.3. The Kier molecular flexibility index (Phi) is 16.9. The van der Waals surface area contributed by atoms with E-state index in [1.54, 1.807) is 11.3 Å². The summed E-state index contributed by atoms with van der Waals surface area (Å²) in [6.07, 6.45) is 2.04. The zero-order valence-corrected chi connectivity index (χ0v) is 77.7. The summed E-state index contributed by atoms with van der Waals surface area (Å²) in [6, 6.07) is 161. The Hall–Kier alpha value is -18.4. The highest BCUT2D eigenvalue weighted by Gasteiger charge is 2.32. The summed E-state index contributed by atoms with van der Waals surface area (Å²) >= 11 is 3.66. The van der Waals surface area contributed by atoms with Crippen LogP contribution in [0.2, 0.25) is 0 Å². The van der Waals surface area contributed by atoms with Gasteiger partial charge in [-0.15, -0.1) is 22.7 Å². The van der Waals surface area contributed by atoms with Crippen molar-refractivity contribution in [2.75, 3.05) is 0 Å². The summed E-state index contributed by atoms with van der Waals surface area (Å²) in [6.45, 7) is 0. The quantitative estimate of drug-likeness (QED) is 0.155. The van der Waals surface area contributed by atoms with Crippen molar-refractivity contribution in [3.05, 3.63) is 455 Å². The fourth-order valence-corrected chi connectivity index (χ4v) is 26.5. The molecule has 0 aliphatic carbocycles. The fraction of sp³-hybridized carbons (Fsp3) is 0. The molecule has 24 aromatic carbocycles. The van der Waals surface area contributed by atoms with Gasteiger partial charge < -0.3 is 13.4 Å². The van der Waals surface area contributed by atoms with E-state index in [2.05, 4.69) is 467 Å². The molecule has 0 unspecified atom stereocenters. The van der Waals surface area contributed by atoms with Gasteiger partial charge in [0.25, 0.3) is 0 Å². The third-order valence-electron chi connectivity index (χ3n) is 29.8. The maximum Gasteiger partial charge on any atom is 0.236 e. The molecule has 0 N–H and O–H groups in total. The van der Waals surface area contributed by atoms with Crippen LogP contribution in [0, 0.1) is 0 Å². The van der Waals surface area contributed by atoms with E-state index < -0.39 is 0 Å². The number of benzene rings is 24. The van der Waals surface area contributed by atoms with Crippen LogP contribution in [0.15, 0.2) is 464 Å². The summed E-state index contributed by atoms with van der Waals surface area (Å²) in [5.41, 5.74) is 16.0. The van der Waals surface area contributed by atoms with Gasteiger partial charge in [0.2, 0.25) is 5.95 Å². The highest BCUT2D eigenvalue weighted by molar-refractivity contribution is 7.27. The minimum Gasteiger partial charge on any atom is -0.455 e. The number of aromatic nitrogens is 7. The second-order valence-electron chi connectivity index (χ2n) is 37.2. The minimum absolute atomic E-state index is 0.685. The summed E-state index contributed by atoms with van der Waals surface area (Å²) in [5.74, 6) is 2.56. The largest absolute Gasteiger partial charge is 0.455 e. The van der Waals surface area contributed by atoms with E-state index in [9.17, 15) is 0 Å². The predicted octanol–water partition coefficient (Wildman–Crippen LogP) is 36.7. The standard InChI is InChI=1S/C50H27N3S2.C45H27N3O.C36H21NO/c1-2-14-28(15-3-1)46-45-37-26-29-16-4-5-17-30(29)27-40(37)55-49(45)52-50(51-46)53-38-24-12-10-22-35(38)41-31-18-6-7-19-32(31)42-43(47(41)53)33-20-8-9-21-34(33)48-44(42)36-23-11-13-25-39(36)54-48;1-3-15-28(16-4-1)45-46-27-38(47(45)29-17-5-2-6-18-29)48-36-25-13-11-23-34(36)39-30-19-7-8-20-31(30)40-41(43(39)48)32-21-9-10-22-33(32)44-42(40)35-24-12-14-26-37(35)49-44;1-2-12-22(13-3-1)37-29-20-10-8-18-27(29)31-23-14-4-5-15-24(23)32-33(35(31)37)25-16-6-7-17-26(25)36-34(32)28-19-9-11-21-30(28)38-36/h1-27H;1-27H;1-21H. The number of rotatable bonds is 6. The highest BCUT2D eigenvalue weighted by atomic mass is 32.1. The second kappa shape index (κ2) is 30.6. The van der Waals surface area contributed by atoms with Crippen LogP contribution in [0.4, 0.5) is 0 Å². The van der Waals surface area contributed by atoms with Gasteiger partial charge in [0.15, 0.2) is 0 Å². The van der Waals surface area contributed by atoms with E-state index in [0.29, 0.717) is 5.95 Å². The van der Waals surface area contributed by atoms with Gasteiger partial charge >= 0.3 is 0 Å². The lowest BCUT2D eigenvalue weighted by Crippen LogP contribution is -2.06. The van der Waals surface area contributed by atoms with E-state index in [-0.39, 0.29) is 0 Å². The van der Waals surface area contributed by atoms with Crippen molar-refractivity contribution in [1.29, 1.82) is 0 Å². The number of furan rings is 2. The predicted molar refractivity (Wildman–Crippen MR) is 601 cm³/mol. The third kappa shape index (κ3) is 11.2. The Morgan fingerprint density at radius 2 is 0.577 bits per heavy atom. The van der Waals surface area contributed by atoms with Crippen LogP contribution in [-0.4, -0.2) is 33.2 Å². The van der Waals surface area contributed by atoms with Crippen LogP contribution >= 0.6 is 22.7 Å². The molecule has 658 valence electrons. The number of fused-ring (bicyclic) bond motifs is 49. The van der Waals surface area contributed by atoms with E-state index >= 15 is 0 Å². The lowest BCUT2D eigenvalue weighted by Gasteiger charge is -2.17. The lowest BCUT2D eigenvalue weighted by atomic mass is 9.90. The van der Waals surface area contributed by atoms with Crippen molar-refractivity contribution >= 4 is 280 Å². The lowest BCUT2D eigenvalue weighted by molar-refractivity contribution is 0.672. The van der Waals surface area contributed by atoms with Crippen molar-refractivity contribution < 1.29 is 8.83 Å². The first kappa shape index (κ1) is 78.8. The topological polar surface area (TPSA) is 84.7 Å². The zero-order valence-electron chi connectivity index (χ0n) is 76.1. The van der Waals surface area contributed by atoms with Crippen LogP contribution in [0.25, 0.3) is 303 Å². The van der Waals surface area contributed by atoms with Gasteiger partial charge in [-0.2, -0.15) is 0 Å². The molecule has 9 nitrogen and oxygen atoms in total. The Morgan fingerprint density at radius 3 is 1.09 bits per heavy atom. The van der Waals surface area contributed by atoms with Crippen molar-refractivity contribution in [1.82, 2.24) is 33.2 Å². The van der Waals surface area contributed by atoms with Crippen LogP contribution in [-0.2, 0) is 0 Å². The van der Waals surface area contributed by atoms with Crippen molar-refractivity contribution in [3.8, 4) is 45.8 Å². The molecule has 0 fully saturated rings.